The van der Waals surface area contributed by atoms with Crippen LogP contribution in [0, 0.1) is 17.6 Å². The van der Waals surface area contributed by atoms with Gasteiger partial charge in [0.05, 0.1) is 30.8 Å². The van der Waals surface area contributed by atoms with Gasteiger partial charge in [-0.15, -0.1) is 0 Å². The Balaban J connectivity index is 1.23. The van der Waals surface area contributed by atoms with E-state index >= 15 is 0 Å². The van der Waals surface area contributed by atoms with E-state index in [4.69, 9.17) is 4.74 Å². The fourth-order valence-corrected chi connectivity index (χ4v) is 5.72. The van der Waals surface area contributed by atoms with Gasteiger partial charge in [-0.2, -0.15) is 0 Å². The number of benzene rings is 3. The summed E-state index contributed by atoms with van der Waals surface area (Å²) in [7, 11) is 0. The number of ether oxygens (including phenoxy) is 1. The van der Waals surface area contributed by atoms with E-state index in [0.29, 0.717) is 17.7 Å². The van der Waals surface area contributed by atoms with Gasteiger partial charge >= 0.3 is 0 Å². The Kier molecular flexibility index (Phi) is 8.79. The molecule has 5 rings (SSSR count). The number of nitrogens with zero attached hydrogens (tertiary/aromatic N) is 1. The number of halogens is 2. The molecule has 2 aliphatic heterocycles. The Bertz CT molecular complexity index is 1320. The smallest absolute Gasteiger partial charge is 0.233 e. The minimum Gasteiger partial charge on any atom is -0.394 e. The molecule has 0 aromatic heterocycles. The molecule has 3 aromatic carbocycles. The maximum absolute atomic E-state index is 13.6. The number of carbonyl (C=O) groups excluding carboxylic acids is 1. The zero-order chi connectivity index (χ0) is 29.3. The lowest BCUT2D eigenvalue weighted by Crippen LogP contribution is -2.58. The molecule has 2 aliphatic rings. The van der Waals surface area contributed by atoms with Crippen molar-refractivity contribution in [1.82, 2.24) is 0 Å². The minimum absolute atomic E-state index is 0.159. The Labute approximate surface area is 236 Å². The van der Waals surface area contributed by atoms with Crippen LogP contribution in [-0.2, 0) is 16.0 Å². The number of anilines is 1. The van der Waals surface area contributed by atoms with Crippen LogP contribution in [0.4, 0.5) is 14.5 Å². The molecule has 218 valence electrons. The van der Waals surface area contributed by atoms with Crippen molar-refractivity contribution in [2.45, 2.75) is 61.9 Å². The predicted molar refractivity (Wildman–Crippen MR) is 145 cm³/mol. The van der Waals surface area contributed by atoms with Crippen LogP contribution in [-0.4, -0.2) is 68.6 Å². The maximum Gasteiger partial charge on any atom is 0.233 e. The Morgan fingerprint density at radius 3 is 2.00 bits per heavy atom. The summed E-state index contributed by atoms with van der Waals surface area (Å²) < 4.78 is 32.6. The molecule has 2 fully saturated rings. The van der Waals surface area contributed by atoms with Crippen LogP contribution in [0.25, 0.3) is 0 Å². The zero-order valence-corrected chi connectivity index (χ0v) is 22.1. The fourth-order valence-electron chi connectivity index (χ4n) is 5.72. The van der Waals surface area contributed by atoms with E-state index in [2.05, 4.69) is 0 Å². The molecule has 8 nitrogen and oxygen atoms in total. The summed E-state index contributed by atoms with van der Waals surface area (Å²) in [4.78, 5) is 14.8. The fraction of sp³-hybridized carbons (Fsp3) is 0.387. The van der Waals surface area contributed by atoms with E-state index in [1.807, 2.05) is 0 Å². The van der Waals surface area contributed by atoms with Crippen LogP contribution in [0.1, 0.15) is 41.7 Å². The highest BCUT2D eigenvalue weighted by Crippen LogP contribution is 2.46. The van der Waals surface area contributed by atoms with E-state index in [0.717, 1.165) is 11.1 Å². The van der Waals surface area contributed by atoms with E-state index in [1.54, 1.807) is 41.3 Å². The largest absolute Gasteiger partial charge is 0.394 e. The van der Waals surface area contributed by atoms with Crippen molar-refractivity contribution in [2.24, 2.45) is 5.92 Å². The summed E-state index contributed by atoms with van der Waals surface area (Å²) in [6.45, 7) is -0.500. The number of carbonyl (C=O) groups is 1. The molecule has 5 N–H and O–H groups in total. The minimum atomic E-state index is -1.45. The number of rotatable bonds is 9. The second-order valence-electron chi connectivity index (χ2n) is 10.7. The van der Waals surface area contributed by atoms with Gasteiger partial charge in [-0.25, -0.2) is 8.78 Å². The molecule has 0 radical (unpaired) electrons. The molecule has 0 saturated carbocycles. The molecule has 2 heterocycles. The third-order valence-electron chi connectivity index (χ3n) is 8.07. The first-order valence-electron chi connectivity index (χ1n) is 13.6. The molecular formula is C31H33F2NO7. The average Bonchev–Trinajstić information content (AvgIpc) is 2.98. The van der Waals surface area contributed by atoms with Gasteiger partial charge in [-0.3, -0.25) is 4.79 Å². The van der Waals surface area contributed by atoms with E-state index < -0.39 is 60.8 Å². The van der Waals surface area contributed by atoms with Gasteiger partial charge < -0.3 is 35.2 Å². The second kappa shape index (κ2) is 12.3. The Morgan fingerprint density at radius 2 is 1.39 bits per heavy atom. The number of β-lactam (4-membered cyclic amide) rings is 1. The number of hydrogen-bond acceptors (Lipinski definition) is 7. The number of aliphatic hydroxyl groups excluding tert-OH is 5. The average molecular weight is 570 g/mol. The molecule has 1 amide bonds. The summed E-state index contributed by atoms with van der Waals surface area (Å²) in [5.74, 6) is -1.42. The Hall–Kier alpha value is -3.25. The first-order valence-corrected chi connectivity index (χ1v) is 13.6. The lowest BCUT2D eigenvalue weighted by Gasteiger charge is -2.48. The Morgan fingerprint density at radius 1 is 0.805 bits per heavy atom. The quantitative estimate of drug-likeness (QED) is 0.251. The highest BCUT2D eigenvalue weighted by atomic mass is 19.1. The molecule has 0 spiro atoms. The maximum atomic E-state index is 13.6. The van der Waals surface area contributed by atoms with Crippen molar-refractivity contribution in [3.63, 3.8) is 0 Å². The van der Waals surface area contributed by atoms with Gasteiger partial charge in [0.2, 0.25) is 5.91 Å². The normalized spacial score (nSPS) is 28.8. The van der Waals surface area contributed by atoms with Gasteiger partial charge in [0.25, 0.3) is 0 Å². The topological polar surface area (TPSA) is 131 Å². The molecule has 10 heteroatoms. The van der Waals surface area contributed by atoms with Crippen LogP contribution in [0.2, 0.25) is 0 Å². The first-order chi connectivity index (χ1) is 19.7. The molecule has 0 bridgehead atoms. The standard InChI is InChI=1S/C31H33F2NO7/c32-20-7-5-19(6-8-20)27-23(31(40)34(27)22-11-9-21(33)10-12-22)13-14-24(36)18-3-1-17(2-4-18)15-25-28(37)30(39)29(38)26(16-35)41-25/h1-12,23-30,35-39H,13-16H2/t23-,24+,25+,26-,27-,28+,29-,30-/m1/s1. The van der Waals surface area contributed by atoms with Crippen molar-refractivity contribution in [1.29, 1.82) is 0 Å². The summed E-state index contributed by atoms with van der Waals surface area (Å²) in [5.41, 5.74) is 2.67. The van der Waals surface area contributed by atoms with Crippen molar-refractivity contribution >= 4 is 11.6 Å². The van der Waals surface area contributed by atoms with E-state index in [-0.39, 0.29) is 24.8 Å². The summed E-state index contributed by atoms with van der Waals surface area (Å²) in [6, 6.07) is 18.1. The zero-order valence-electron chi connectivity index (χ0n) is 22.1. The number of hydrogen-bond donors (Lipinski definition) is 5. The summed E-state index contributed by atoms with van der Waals surface area (Å²) >= 11 is 0. The summed E-state index contributed by atoms with van der Waals surface area (Å²) in [6.07, 6.45) is -6.00. The lowest BCUT2D eigenvalue weighted by atomic mass is 9.78. The SMILES string of the molecule is O=C1[C@H](CC[C@H](O)c2ccc(C[C@@H]3O[C@H](CO)[C@@H](O)[C@H](O)[C@H]3O)cc2)[C@@H](c2ccc(F)cc2)N1c1ccc(F)cc1. The number of aliphatic hydroxyl groups is 5. The molecular weight excluding hydrogens is 536 g/mol. The molecule has 8 atom stereocenters. The van der Waals surface area contributed by atoms with Crippen LogP contribution < -0.4 is 4.90 Å². The second-order valence-corrected chi connectivity index (χ2v) is 10.7. The first kappa shape index (κ1) is 29.2. The molecule has 0 unspecified atom stereocenters. The van der Waals surface area contributed by atoms with Crippen LogP contribution in [0.3, 0.4) is 0 Å². The van der Waals surface area contributed by atoms with Crippen LogP contribution in [0.15, 0.2) is 72.8 Å². The monoisotopic (exact) mass is 569 g/mol. The van der Waals surface area contributed by atoms with E-state index in [9.17, 15) is 39.1 Å². The van der Waals surface area contributed by atoms with Crippen LogP contribution in [0.5, 0.6) is 0 Å². The van der Waals surface area contributed by atoms with Crippen molar-refractivity contribution in [3.8, 4) is 0 Å². The van der Waals surface area contributed by atoms with Crippen molar-refractivity contribution in [2.75, 3.05) is 11.5 Å². The molecule has 0 aliphatic carbocycles. The van der Waals surface area contributed by atoms with Crippen molar-refractivity contribution < 1.29 is 43.8 Å². The molecule has 3 aromatic rings. The van der Waals surface area contributed by atoms with Gasteiger partial charge in [0.1, 0.15) is 36.1 Å². The third-order valence-corrected chi connectivity index (χ3v) is 8.07. The highest BCUT2D eigenvalue weighted by molar-refractivity contribution is 6.03. The predicted octanol–water partition coefficient (Wildman–Crippen LogP) is 2.57. The van der Waals surface area contributed by atoms with Gasteiger partial charge in [-0.1, -0.05) is 36.4 Å². The molecule has 41 heavy (non-hydrogen) atoms. The molecule has 2 saturated heterocycles. The van der Waals surface area contributed by atoms with Gasteiger partial charge in [0.15, 0.2) is 0 Å². The van der Waals surface area contributed by atoms with E-state index in [1.165, 1.54) is 36.4 Å². The third kappa shape index (κ3) is 6.04. The highest BCUT2D eigenvalue weighted by Gasteiger charge is 2.48. The van der Waals surface area contributed by atoms with Crippen LogP contribution >= 0.6 is 0 Å². The van der Waals surface area contributed by atoms with Gasteiger partial charge in [-0.05, 0) is 65.9 Å². The van der Waals surface area contributed by atoms with Gasteiger partial charge in [0, 0.05) is 12.1 Å². The van der Waals surface area contributed by atoms with Crippen molar-refractivity contribution in [3.05, 3.63) is 101 Å². The number of amides is 1. The summed E-state index contributed by atoms with van der Waals surface area (Å²) in [5, 5.41) is 50.6. The lowest BCUT2D eigenvalue weighted by molar-refractivity contribution is -0.228.